The van der Waals surface area contributed by atoms with Crippen LogP contribution in [-0.4, -0.2) is 25.5 Å². The van der Waals surface area contributed by atoms with E-state index in [0.29, 0.717) is 17.3 Å². The van der Waals surface area contributed by atoms with Gasteiger partial charge in [-0.3, -0.25) is 9.48 Å². The molecular formula is C21H16ClF2N5O2. The summed E-state index contributed by atoms with van der Waals surface area (Å²) >= 11 is 5.88. The fourth-order valence-electron chi connectivity index (χ4n) is 2.77. The first-order chi connectivity index (χ1) is 15.0. The van der Waals surface area contributed by atoms with E-state index in [2.05, 4.69) is 15.5 Å². The van der Waals surface area contributed by atoms with Crippen molar-refractivity contribution in [3.8, 4) is 5.75 Å². The Morgan fingerprint density at radius 1 is 1.10 bits per heavy atom. The van der Waals surface area contributed by atoms with Gasteiger partial charge in [-0.2, -0.15) is 10.2 Å². The van der Waals surface area contributed by atoms with Crippen molar-refractivity contribution in [1.82, 2.24) is 19.6 Å². The van der Waals surface area contributed by atoms with Crippen molar-refractivity contribution in [2.45, 2.75) is 13.3 Å². The van der Waals surface area contributed by atoms with Crippen LogP contribution in [0, 0.1) is 11.6 Å². The number of halogens is 3. The zero-order valence-electron chi connectivity index (χ0n) is 16.0. The maximum Gasteiger partial charge on any atom is 0.276 e. The van der Waals surface area contributed by atoms with E-state index in [1.807, 2.05) is 12.1 Å². The molecule has 2 aromatic carbocycles. The van der Waals surface area contributed by atoms with Gasteiger partial charge in [0.1, 0.15) is 5.82 Å². The summed E-state index contributed by atoms with van der Waals surface area (Å²) in [5.41, 5.74) is 1.67. The maximum atomic E-state index is 13.6. The molecule has 0 unspecified atom stereocenters. The molecule has 0 bridgehead atoms. The summed E-state index contributed by atoms with van der Waals surface area (Å²) in [4.78, 5) is 12.4. The third kappa shape index (κ3) is 5.26. The van der Waals surface area contributed by atoms with E-state index in [1.54, 1.807) is 23.0 Å². The fraction of sp³-hybridized carbons (Fsp3) is 0.0952. The molecule has 4 aromatic rings. The molecule has 10 heteroatoms. The molecular weight excluding hydrogens is 428 g/mol. The SMILES string of the molecule is O=C(Nc1cnn(Cc2ccc(Cl)cc2)c1)c1ccn(COc2ccc(F)cc2F)n1. The lowest BCUT2D eigenvalue weighted by Crippen LogP contribution is -2.14. The molecule has 2 aromatic heterocycles. The number of ether oxygens (including phenoxy) is 1. The summed E-state index contributed by atoms with van der Waals surface area (Å²) in [7, 11) is 0. The van der Waals surface area contributed by atoms with Crippen LogP contribution in [0.2, 0.25) is 5.02 Å². The molecule has 0 aliphatic rings. The van der Waals surface area contributed by atoms with Gasteiger partial charge in [-0.1, -0.05) is 23.7 Å². The van der Waals surface area contributed by atoms with Crippen molar-refractivity contribution in [3.05, 3.63) is 95.0 Å². The molecule has 0 spiro atoms. The summed E-state index contributed by atoms with van der Waals surface area (Å²) in [6, 6.07) is 11.9. The highest BCUT2D eigenvalue weighted by Crippen LogP contribution is 2.18. The van der Waals surface area contributed by atoms with Gasteiger partial charge in [0.25, 0.3) is 5.91 Å². The second-order valence-corrected chi connectivity index (χ2v) is 7.03. The van der Waals surface area contributed by atoms with Crippen LogP contribution >= 0.6 is 11.6 Å². The van der Waals surface area contributed by atoms with Gasteiger partial charge >= 0.3 is 0 Å². The molecule has 7 nitrogen and oxygen atoms in total. The van der Waals surface area contributed by atoms with Gasteiger partial charge in [0.2, 0.25) is 0 Å². The van der Waals surface area contributed by atoms with Gasteiger partial charge in [0, 0.05) is 23.5 Å². The Bertz CT molecular complexity index is 1210. The number of amides is 1. The maximum absolute atomic E-state index is 13.6. The third-order valence-electron chi connectivity index (χ3n) is 4.27. The minimum atomic E-state index is -0.819. The highest BCUT2D eigenvalue weighted by atomic mass is 35.5. The van der Waals surface area contributed by atoms with Crippen LogP contribution in [-0.2, 0) is 13.3 Å². The molecule has 1 amide bonds. The number of nitrogens with zero attached hydrogens (tertiary/aromatic N) is 4. The molecule has 0 saturated heterocycles. The van der Waals surface area contributed by atoms with Crippen LogP contribution in [0.25, 0.3) is 0 Å². The Morgan fingerprint density at radius 3 is 2.68 bits per heavy atom. The van der Waals surface area contributed by atoms with Crippen LogP contribution in [0.15, 0.2) is 67.1 Å². The molecule has 2 heterocycles. The van der Waals surface area contributed by atoms with E-state index in [0.717, 1.165) is 17.7 Å². The Labute approximate surface area is 180 Å². The second kappa shape index (κ2) is 8.97. The Kier molecular flexibility index (Phi) is 5.94. The zero-order valence-corrected chi connectivity index (χ0v) is 16.8. The minimum Gasteiger partial charge on any atom is -0.468 e. The Morgan fingerprint density at radius 2 is 1.90 bits per heavy atom. The highest BCUT2D eigenvalue weighted by Gasteiger charge is 2.12. The number of hydrogen-bond donors (Lipinski definition) is 1. The number of carbonyl (C=O) groups excluding carboxylic acids is 1. The van der Waals surface area contributed by atoms with Crippen molar-refractivity contribution < 1.29 is 18.3 Å². The van der Waals surface area contributed by atoms with E-state index >= 15 is 0 Å². The highest BCUT2D eigenvalue weighted by molar-refractivity contribution is 6.30. The zero-order chi connectivity index (χ0) is 21.8. The van der Waals surface area contributed by atoms with Crippen LogP contribution in [0.3, 0.4) is 0 Å². The van der Waals surface area contributed by atoms with E-state index in [4.69, 9.17) is 16.3 Å². The molecule has 158 valence electrons. The predicted molar refractivity (Wildman–Crippen MR) is 110 cm³/mol. The molecule has 0 aliphatic heterocycles. The van der Waals surface area contributed by atoms with E-state index in [1.165, 1.54) is 29.2 Å². The Hall–Kier alpha value is -3.72. The number of rotatable bonds is 7. The summed E-state index contributed by atoms with van der Waals surface area (Å²) in [6.45, 7) is 0.383. The summed E-state index contributed by atoms with van der Waals surface area (Å²) in [6.07, 6.45) is 4.75. The first-order valence-electron chi connectivity index (χ1n) is 9.16. The van der Waals surface area contributed by atoms with E-state index in [-0.39, 0.29) is 18.2 Å². The van der Waals surface area contributed by atoms with Crippen LogP contribution in [0.1, 0.15) is 16.1 Å². The van der Waals surface area contributed by atoms with Gasteiger partial charge in [0.15, 0.2) is 24.0 Å². The van der Waals surface area contributed by atoms with Crippen LogP contribution in [0.5, 0.6) is 5.75 Å². The van der Waals surface area contributed by atoms with Gasteiger partial charge in [-0.05, 0) is 35.9 Å². The number of nitrogens with one attached hydrogen (secondary N) is 1. The molecule has 0 radical (unpaired) electrons. The molecule has 31 heavy (non-hydrogen) atoms. The van der Waals surface area contributed by atoms with Crippen molar-refractivity contribution >= 4 is 23.2 Å². The predicted octanol–water partition coefficient (Wildman–Crippen LogP) is 4.35. The lowest BCUT2D eigenvalue weighted by atomic mass is 10.2. The quantitative estimate of drug-likeness (QED) is 0.461. The second-order valence-electron chi connectivity index (χ2n) is 6.60. The average Bonchev–Trinajstić information content (AvgIpc) is 3.39. The first-order valence-corrected chi connectivity index (χ1v) is 9.53. The molecule has 0 aliphatic carbocycles. The van der Waals surface area contributed by atoms with Gasteiger partial charge in [-0.25, -0.2) is 13.5 Å². The number of aromatic nitrogens is 4. The van der Waals surface area contributed by atoms with Crippen molar-refractivity contribution in [2.24, 2.45) is 0 Å². The molecule has 0 atom stereocenters. The Balaban J connectivity index is 1.33. The number of carbonyl (C=O) groups is 1. The van der Waals surface area contributed by atoms with Crippen molar-refractivity contribution in [3.63, 3.8) is 0 Å². The van der Waals surface area contributed by atoms with E-state index in [9.17, 15) is 13.6 Å². The lowest BCUT2D eigenvalue weighted by Gasteiger charge is -2.07. The lowest BCUT2D eigenvalue weighted by molar-refractivity contribution is 0.102. The van der Waals surface area contributed by atoms with Gasteiger partial charge < -0.3 is 10.1 Å². The number of benzene rings is 2. The summed E-state index contributed by atoms with van der Waals surface area (Å²) in [5.74, 6) is -2.06. The molecule has 1 N–H and O–H groups in total. The largest absolute Gasteiger partial charge is 0.468 e. The first kappa shape index (κ1) is 20.5. The molecule has 0 fully saturated rings. The monoisotopic (exact) mass is 443 g/mol. The van der Waals surface area contributed by atoms with Crippen LogP contribution in [0.4, 0.5) is 14.5 Å². The van der Waals surface area contributed by atoms with Crippen molar-refractivity contribution in [2.75, 3.05) is 5.32 Å². The molecule has 0 saturated carbocycles. The smallest absolute Gasteiger partial charge is 0.276 e. The minimum absolute atomic E-state index is 0.115. The summed E-state index contributed by atoms with van der Waals surface area (Å²) < 4.78 is 34.8. The average molecular weight is 444 g/mol. The van der Waals surface area contributed by atoms with E-state index < -0.39 is 17.5 Å². The van der Waals surface area contributed by atoms with Gasteiger partial charge in [-0.15, -0.1) is 0 Å². The van der Waals surface area contributed by atoms with Crippen molar-refractivity contribution in [1.29, 1.82) is 0 Å². The third-order valence-corrected chi connectivity index (χ3v) is 4.52. The van der Waals surface area contributed by atoms with Gasteiger partial charge in [0.05, 0.1) is 18.4 Å². The van der Waals surface area contributed by atoms with Crippen LogP contribution < -0.4 is 10.1 Å². The topological polar surface area (TPSA) is 74.0 Å². The normalized spacial score (nSPS) is 10.8. The number of anilines is 1. The number of hydrogen-bond acceptors (Lipinski definition) is 4. The summed E-state index contributed by atoms with van der Waals surface area (Å²) in [5, 5.41) is 11.7. The molecule has 4 rings (SSSR count). The fourth-order valence-corrected chi connectivity index (χ4v) is 2.90. The standard InChI is InChI=1S/C21H16ClF2N5O2/c22-15-3-1-14(2-4-15)11-29-12-17(10-25-29)26-21(30)19-7-8-28(27-19)13-31-20-6-5-16(23)9-18(20)24/h1-10,12H,11,13H2,(H,26,30).